The van der Waals surface area contributed by atoms with Gasteiger partial charge >= 0.3 is 6.09 Å². The highest BCUT2D eigenvalue weighted by Crippen LogP contribution is 2.14. The Morgan fingerprint density at radius 3 is 2.70 bits per heavy atom. The standard InChI is InChI=1S/C18H26ClN5O3/c1-2-27-18(26)24-11-7-13(8-12-24)23-17(20)22-10-9-21-16(25)14-5-3-4-6-15(14)19/h3-6,13H,2,7-12H2,1H3,(H,21,25)(H3,20,22,23). The molecular formula is C18H26ClN5O3. The number of hydrogen-bond donors (Lipinski definition) is 3. The van der Waals surface area contributed by atoms with E-state index < -0.39 is 0 Å². The summed E-state index contributed by atoms with van der Waals surface area (Å²) in [5.74, 6) is 0.0882. The molecule has 0 atom stereocenters. The normalized spacial score (nSPS) is 15.3. The molecule has 0 aromatic heterocycles. The Balaban J connectivity index is 1.67. The van der Waals surface area contributed by atoms with Gasteiger partial charge in [-0.25, -0.2) is 4.79 Å². The summed E-state index contributed by atoms with van der Waals surface area (Å²) in [7, 11) is 0. The summed E-state index contributed by atoms with van der Waals surface area (Å²) in [4.78, 5) is 29.6. The Hall–Kier alpha value is -2.48. The molecule has 4 N–H and O–H groups in total. The number of guanidine groups is 1. The third-order valence-electron chi connectivity index (χ3n) is 4.17. The van der Waals surface area contributed by atoms with Crippen molar-refractivity contribution in [3.8, 4) is 0 Å². The Morgan fingerprint density at radius 2 is 2.04 bits per heavy atom. The van der Waals surface area contributed by atoms with Crippen LogP contribution in [0.4, 0.5) is 4.79 Å². The van der Waals surface area contributed by atoms with Crippen molar-refractivity contribution >= 4 is 29.6 Å². The first-order chi connectivity index (χ1) is 13.0. The van der Waals surface area contributed by atoms with Crippen molar-refractivity contribution in [1.82, 2.24) is 15.5 Å². The number of likely N-dealkylation sites (tertiary alicyclic amines) is 1. The van der Waals surface area contributed by atoms with E-state index in [4.69, 9.17) is 22.1 Å². The highest BCUT2D eigenvalue weighted by Gasteiger charge is 2.23. The zero-order valence-electron chi connectivity index (χ0n) is 15.4. The summed E-state index contributed by atoms with van der Waals surface area (Å²) < 4.78 is 5.00. The highest BCUT2D eigenvalue weighted by atomic mass is 35.5. The molecule has 1 aliphatic heterocycles. The van der Waals surface area contributed by atoms with Gasteiger partial charge in [-0.3, -0.25) is 9.79 Å². The van der Waals surface area contributed by atoms with Gasteiger partial charge in [-0.05, 0) is 31.9 Å². The van der Waals surface area contributed by atoms with Gasteiger partial charge in [0.1, 0.15) is 0 Å². The van der Waals surface area contributed by atoms with Crippen LogP contribution in [-0.2, 0) is 4.74 Å². The van der Waals surface area contributed by atoms with E-state index in [2.05, 4.69) is 15.6 Å². The van der Waals surface area contributed by atoms with Crippen LogP contribution in [0.3, 0.4) is 0 Å². The molecule has 1 heterocycles. The van der Waals surface area contributed by atoms with Gasteiger partial charge in [0, 0.05) is 25.7 Å². The number of benzene rings is 1. The molecule has 2 amide bonds. The van der Waals surface area contributed by atoms with Crippen LogP contribution in [0.1, 0.15) is 30.1 Å². The second-order valence-electron chi connectivity index (χ2n) is 6.11. The maximum atomic E-state index is 12.0. The van der Waals surface area contributed by atoms with E-state index in [9.17, 15) is 9.59 Å². The van der Waals surface area contributed by atoms with Gasteiger partial charge in [0.15, 0.2) is 5.96 Å². The van der Waals surface area contributed by atoms with E-state index in [1.165, 1.54) is 0 Å². The number of nitrogens with one attached hydrogen (secondary N) is 2. The number of rotatable bonds is 6. The van der Waals surface area contributed by atoms with E-state index >= 15 is 0 Å². The molecule has 0 saturated carbocycles. The molecule has 9 heteroatoms. The summed E-state index contributed by atoms with van der Waals surface area (Å²) in [5.41, 5.74) is 6.33. The molecule has 1 saturated heterocycles. The van der Waals surface area contributed by atoms with Gasteiger partial charge in [-0.1, -0.05) is 23.7 Å². The van der Waals surface area contributed by atoms with Crippen molar-refractivity contribution in [2.24, 2.45) is 10.7 Å². The molecule has 1 aromatic rings. The van der Waals surface area contributed by atoms with E-state index in [1.807, 2.05) is 0 Å². The van der Waals surface area contributed by atoms with Crippen LogP contribution < -0.4 is 16.4 Å². The Kier molecular flexibility index (Phi) is 8.19. The lowest BCUT2D eigenvalue weighted by molar-refractivity contribution is 0.0949. The maximum absolute atomic E-state index is 12.0. The fourth-order valence-corrected chi connectivity index (χ4v) is 2.98. The molecule has 1 aromatic carbocycles. The number of aliphatic imine (C=N–C) groups is 1. The number of halogens is 1. The van der Waals surface area contributed by atoms with Crippen LogP contribution in [0.25, 0.3) is 0 Å². The molecule has 0 bridgehead atoms. The zero-order chi connectivity index (χ0) is 19.6. The van der Waals surface area contributed by atoms with Crippen molar-refractivity contribution in [2.45, 2.75) is 25.8 Å². The smallest absolute Gasteiger partial charge is 0.409 e. The fourth-order valence-electron chi connectivity index (χ4n) is 2.76. The van der Waals surface area contributed by atoms with E-state index in [0.717, 1.165) is 12.8 Å². The lowest BCUT2D eigenvalue weighted by Gasteiger charge is -2.31. The minimum absolute atomic E-state index is 0.164. The summed E-state index contributed by atoms with van der Waals surface area (Å²) in [5, 5.41) is 6.32. The van der Waals surface area contributed by atoms with Gasteiger partial charge in [-0.15, -0.1) is 0 Å². The number of carbonyl (C=O) groups is 2. The van der Waals surface area contributed by atoms with Gasteiger partial charge in [0.05, 0.1) is 23.7 Å². The van der Waals surface area contributed by atoms with Crippen molar-refractivity contribution in [3.05, 3.63) is 34.9 Å². The molecule has 27 heavy (non-hydrogen) atoms. The summed E-state index contributed by atoms with van der Waals surface area (Å²) in [6, 6.07) is 7.03. The molecule has 8 nitrogen and oxygen atoms in total. The lowest BCUT2D eigenvalue weighted by Crippen LogP contribution is -2.48. The number of nitrogens with two attached hydrogens (primary N) is 1. The maximum Gasteiger partial charge on any atom is 0.409 e. The molecule has 0 aliphatic carbocycles. The number of carbonyl (C=O) groups excluding carboxylic acids is 2. The largest absolute Gasteiger partial charge is 0.450 e. The average Bonchev–Trinajstić information content (AvgIpc) is 2.66. The van der Waals surface area contributed by atoms with Crippen LogP contribution >= 0.6 is 11.6 Å². The van der Waals surface area contributed by atoms with Gasteiger partial charge in [0.25, 0.3) is 5.91 Å². The third kappa shape index (κ3) is 6.63. The van der Waals surface area contributed by atoms with Crippen LogP contribution in [0.5, 0.6) is 0 Å². The minimum atomic E-state index is -0.271. The molecule has 1 fully saturated rings. The Bertz CT molecular complexity index is 675. The third-order valence-corrected chi connectivity index (χ3v) is 4.50. The van der Waals surface area contributed by atoms with Crippen LogP contribution in [0.15, 0.2) is 29.3 Å². The van der Waals surface area contributed by atoms with Crippen molar-refractivity contribution in [1.29, 1.82) is 0 Å². The first kappa shape index (κ1) is 20.8. The Morgan fingerprint density at radius 1 is 1.33 bits per heavy atom. The van der Waals surface area contributed by atoms with Gasteiger partial charge in [0.2, 0.25) is 0 Å². The zero-order valence-corrected chi connectivity index (χ0v) is 16.2. The summed E-state index contributed by atoms with van der Waals surface area (Å²) in [6.45, 7) is 4.13. The van der Waals surface area contributed by atoms with Gasteiger partial charge < -0.3 is 26.0 Å². The fraction of sp³-hybridized carbons (Fsp3) is 0.500. The monoisotopic (exact) mass is 395 g/mol. The number of ether oxygens (including phenoxy) is 1. The molecule has 148 valence electrons. The predicted octanol–water partition coefficient (Wildman–Crippen LogP) is 1.60. The van der Waals surface area contributed by atoms with Crippen LogP contribution in [0, 0.1) is 0 Å². The van der Waals surface area contributed by atoms with E-state index in [1.54, 1.807) is 36.1 Å². The second-order valence-corrected chi connectivity index (χ2v) is 6.51. The van der Waals surface area contributed by atoms with Crippen LogP contribution in [-0.4, -0.2) is 61.7 Å². The second kappa shape index (κ2) is 10.6. The first-order valence-corrected chi connectivity index (χ1v) is 9.40. The number of nitrogens with zero attached hydrogens (tertiary/aromatic N) is 2. The number of hydrogen-bond acceptors (Lipinski definition) is 4. The summed E-state index contributed by atoms with van der Waals surface area (Å²) in [6.07, 6.45) is 1.28. The van der Waals surface area contributed by atoms with Crippen LogP contribution in [0.2, 0.25) is 5.02 Å². The number of amides is 2. The molecule has 0 unspecified atom stereocenters. The molecule has 0 radical (unpaired) electrons. The predicted molar refractivity (Wildman–Crippen MR) is 105 cm³/mol. The quantitative estimate of drug-likeness (QED) is 0.385. The van der Waals surface area contributed by atoms with Crippen molar-refractivity contribution < 1.29 is 14.3 Å². The molecule has 1 aliphatic rings. The van der Waals surface area contributed by atoms with Crippen molar-refractivity contribution in [2.75, 3.05) is 32.8 Å². The average molecular weight is 396 g/mol. The Labute approximate surface area is 164 Å². The van der Waals surface area contributed by atoms with E-state index in [0.29, 0.717) is 49.3 Å². The molecular weight excluding hydrogens is 370 g/mol. The molecule has 0 spiro atoms. The highest BCUT2D eigenvalue weighted by molar-refractivity contribution is 6.33. The SMILES string of the molecule is CCOC(=O)N1CCC(NC(N)=NCCNC(=O)c2ccccc2Cl)CC1. The summed E-state index contributed by atoms with van der Waals surface area (Å²) >= 11 is 5.99. The number of piperidine rings is 1. The molecule has 2 rings (SSSR count). The topological polar surface area (TPSA) is 109 Å². The first-order valence-electron chi connectivity index (χ1n) is 9.02. The lowest BCUT2D eigenvalue weighted by atomic mass is 10.1. The minimum Gasteiger partial charge on any atom is -0.450 e. The van der Waals surface area contributed by atoms with Crippen molar-refractivity contribution in [3.63, 3.8) is 0 Å². The van der Waals surface area contributed by atoms with E-state index in [-0.39, 0.29) is 18.0 Å². The van der Waals surface area contributed by atoms with Gasteiger partial charge in [-0.2, -0.15) is 0 Å².